The molecular weight excluding hydrogens is 285 g/mol. The minimum atomic E-state index is -0.413. The highest BCUT2D eigenvalue weighted by Crippen LogP contribution is 2.11. The molecule has 0 saturated carbocycles. The average Bonchev–Trinajstić information content (AvgIpc) is 2.54. The molecule has 0 aliphatic rings. The van der Waals surface area contributed by atoms with Gasteiger partial charge in [-0.15, -0.1) is 0 Å². The van der Waals surface area contributed by atoms with Crippen LogP contribution >= 0.6 is 0 Å². The predicted molar refractivity (Wildman–Crippen MR) is 81.2 cm³/mol. The maximum atomic E-state index is 12.8. The van der Waals surface area contributed by atoms with E-state index in [1.807, 2.05) is 6.92 Å². The number of anilines is 1. The smallest absolute Gasteiger partial charge is 0.257 e. The van der Waals surface area contributed by atoms with E-state index in [0.29, 0.717) is 17.8 Å². The number of rotatable bonds is 5. The molecule has 0 aliphatic heterocycles. The first-order valence-corrected chi connectivity index (χ1v) is 6.90. The van der Waals surface area contributed by atoms with E-state index in [0.717, 1.165) is 6.42 Å². The van der Waals surface area contributed by atoms with Gasteiger partial charge in [-0.3, -0.25) is 14.6 Å². The number of aromatic nitrogens is 1. The monoisotopic (exact) mass is 301 g/mol. The quantitative estimate of drug-likeness (QED) is 0.891. The zero-order valence-electron chi connectivity index (χ0n) is 12.1. The SMILES string of the molecule is CCCNC(=O)c1cncc(C(=O)Nc2ccc(F)cc2)c1. The van der Waals surface area contributed by atoms with Crippen LogP contribution in [0.3, 0.4) is 0 Å². The largest absolute Gasteiger partial charge is 0.352 e. The van der Waals surface area contributed by atoms with Crippen molar-refractivity contribution >= 4 is 17.5 Å². The minimum absolute atomic E-state index is 0.258. The molecular formula is C16H16FN3O2. The van der Waals surface area contributed by atoms with Crippen LogP contribution in [-0.4, -0.2) is 23.3 Å². The van der Waals surface area contributed by atoms with E-state index in [4.69, 9.17) is 0 Å². The number of pyridine rings is 1. The van der Waals surface area contributed by atoms with Crippen molar-refractivity contribution in [2.45, 2.75) is 13.3 Å². The summed E-state index contributed by atoms with van der Waals surface area (Å²) in [6.07, 6.45) is 3.60. The summed E-state index contributed by atoms with van der Waals surface area (Å²) in [5.41, 5.74) is 1.04. The van der Waals surface area contributed by atoms with E-state index in [9.17, 15) is 14.0 Å². The molecule has 1 heterocycles. The Morgan fingerprint density at radius 3 is 2.36 bits per heavy atom. The average molecular weight is 301 g/mol. The van der Waals surface area contributed by atoms with E-state index in [1.54, 1.807) is 0 Å². The molecule has 0 unspecified atom stereocenters. The van der Waals surface area contributed by atoms with Crippen LogP contribution in [0.5, 0.6) is 0 Å². The number of hydrogen-bond donors (Lipinski definition) is 2. The first-order valence-electron chi connectivity index (χ1n) is 6.90. The molecule has 0 saturated heterocycles. The summed E-state index contributed by atoms with van der Waals surface area (Å²) in [7, 11) is 0. The van der Waals surface area contributed by atoms with Gasteiger partial charge in [0, 0.05) is 24.6 Å². The van der Waals surface area contributed by atoms with E-state index in [2.05, 4.69) is 15.6 Å². The highest BCUT2D eigenvalue weighted by molar-refractivity contribution is 6.05. The molecule has 22 heavy (non-hydrogen) atoms. The Hall–Kier alpha value is -2.76. The molecule has 1 aromatic heterocycles. The molecule has 6 heteroatoms. The lowest BCUT2D eigenvalue weighted by molar-refractivity contribution is 0.0953. The Morgan fingerprint density at radius 1 is 1.09 bits per heavy atom. The summed E-state index contributed by atoms with van der Waals surface area (Å²) in [4.78, 5) is 27.9. The number of carbonyl (C=O) groups excluding carboxylic acids is 2. The van der Waals surface area contributed by atoms with Gasteiger partial charge in [0.25, 0.3) is 11.8 Å². The molecule has 0 fully saturated rings. The first-order chi connectivity index (χ1) is 10.6. The Labute approximate surface area is 127 Å². The van der Waals surface area contributed by atoms with Crippen LogP contribution in [0.15, 0.2) is 42.7 Å². The first kappa shape index (κ1) is 15.6. The van der Waals surface area contributed by atoms with Crippen molar-refractivity contribution in [3.63, 3.8) is 0 Å². The molecule has 0 bridgehead atoms. The van der Waals surface area contributed by atoms with Gasteiger partial charge in [-0.1, -0.05) is 6.92 Å². The normalized spacial score (nSPS) is 10.1. The molecule has 2 rings (SSSR count). The van der Waals surface area contributed by atoms with Crippen molar-refractivity contribution in [1.82, 2.24) is 10.3 Å². The summed E-state index contributed by atoms with van der Waals surface area (Å²) in [6, 6.07) is 6.89. The van der Waals surface area contributed by atoms with Crippen molar-refractivity contribution in [2.75, 3.05) is 11.9 Å². The van der Waals surface area contributed by atoms with Gasteiger partial charge >= 0.3 is 0 Å². The molecule has 0 spiro atoms. The van der Waals surface area contributed by atoms with E-state index < -0.39 is 5.91 Å². The second kappa shape index (κ2) is 7.31. The third-order valence-electron chi connectivity index (χ3n) is 2.90. The molecule has 0 aliphatic carbocycles. The lowest BCUT2D eigenvalue weighted by Crippen LogP contribution is -2.24. The van der Waals surface area contributed by atoms with Crippen molar-refractivity contribution < 1.29 is 14.0 Å². The summed E-state index contributed by atoms with van der Waals surface area (Å²) in [5.74, 6) is -1.07. The number of hydrogen-bond acceptors (Lipinski definition) is 3. The van der Waals surface area contributed by atoms with Crippen molar-refractivity contribution in [1.29, 1.82) is 0 Å². The molecule has 5 nitrogen and oxygen atoms in total. The summed E-state index contributed by atoms with van der Waals surface area (Å²) >= 11 is 0. The van der Waals surface area contributed by atoms with Crippen LogP contribution in [0.4, 0.5) is 10.1 Å². The number of nitrogens with zero attached hydrogens (tertiary/aromatic N) is 1. The third kappa shape index (κ3) is 4.12. The Balaban J connectivity index is 2.09. The van der Waals surface area contributed by atoms with Crippen molar-refractivity contribution in [3.8, 4) is 0 Å². The van der Waals surface area contributed by atoms with Crippen LogP contribution in [-0.2, 0) is 0 Å². The maximum Gasteiger partial charge on any atom is 0.257 e. The van der Waals surface area contributed by atoms with Crippen molar-refractivity contribution in [2.24, 2.45) is 0 Å². The van der Waals surface area contributed by atoms with Gasteiger partial charge in [-0.05, 0) is 36.8 Å². The van der Waals surface area contributed by atoms with Crippen molar-refractivity contribution in [3.05, 3.63) is 59.7 Å². The van der Waals surface area contributed by atoms with Crippen LogP contribution in [0, 0.1) is 5.82 Å². The third-order valence-corrected chi connectivity index (χ3v) is 2.90. The number of benzene rings is 1. The van der Waals surface area contributed by atoms with Gasteiger partial charge in [0.05, 0.1) is 11.1 Å². The topological polar surface area (TPSA) is 71.1 Å². The van der Waals surface area contributed by atoms with E-state index >= 15 is 0 Å². The molecule has 1 aromatic carbocycles. The minimum Gasteiger partial charge on any atom is -0.352 e. The highest BCUT2D eigenvalue weighted by Gasteiger charge is 2.11. The lowest BCUT2D eigenvalue weighted by Gasteiger charge is -2.07. The Kier molecular flexibility index (Phi) is 5.19. The summed E-state index contributed by atoms with van der Waals surface area (Å²) in [6.45, 7) is 2.51. The Bertz CT molecular complexity index is 671. The number of halogens is 1. The molecule has 0 atom stereocenters. The van der Waals surface area contributed by atoms with Gasteiger partial charge in [-0.2, -0.15) is 0 Å². The lowest BCUT2D eigenvalue weighted by atomic mass is 10.2. The predicted octanol–water partition coefficient (Wildman–Crippen LogP) is 2.61. The Morgan fingerprint density at radius 2 is 1.73 bits per heavy atom. The van der Waals surface area contributed by atoms with Crippen LogP contribution in [0.2, 0.25) is 0 Å². The molecule has 114 valence electrons. The molecule has 2 aromatic rings. The van der Waals surface area contributed by atoms with Gasteiger partial charge in [0.2, 0.25) is 0 Å². The zero-order valence-corrected chi connectivity index (χ0v) is 12.1. The molecule has 2 N–H and O–H groups in total. The van der Waals surface area contributed by atoms with E-state index in [1.165, 1.54) is 42.7 Å². The van der Waals surface area contributed by atoms with E-state index in [-0.39, 0.29) is 17.3 Å². The standard InChI is InChI=1S/C16H16FN3O2/c1-2-7-19-15(21)11-8-12(10-18-9-11)16(22)20-14-5-3-13(17)4-6-14/h3-6,8-10H,2,7H2,1H3,(H,19,21)(H,20,22). The van der Waals surface area contributed by atoms with Crippen LogP contribution < -0.4 is 10.6 Å². The number of amides is 2. The van der Waals surface area contributed by atoms with Gasteiger partial charge < -0.3 is 10.6 Å². The maximum absolute atomic E-state index is 12.8. The molecule has 2 amide bonds. The fraction of sp³-hybridized carbons (Fsp3) is 0.188. The van der Waals surface area contributed by atoms with Crippen LogP contribution in [0.25, 0.3) is 0 Å². The van der Waals surface area contributed by atoms with Gasteiger partial charge in [0.15, 0.2) is 0 Å². The van der Waals surface area contributed by atoms with Gasteiger partial charge in [0.1, 0.15) is 5.82 Å². The second-order valence-corrected chi connectivity index (χ2v) is 4.68. The summed E-state index contributed by atoms with van der Waals surface area (Å²) < 4.78 is 12.8. The highest BCUT2D eigenvalue weighted by atomic mass is 19.1. The fourth-order valence-electron chi connectivity index (χ4n) is 1.77. The number of carbonyl (C=O) groups is 2. The second-order valence-electron chi connectivity index (χ2n) is 4.68. The fourth-order valence-corrected chi connectivity index (χ4v) is 1.77. The van der Waals surface area contributed by atoms with Gasteiger partial charge in [-0.25, -0.2) is 4.39 Å². The molecule has 0 radical (unpaired) electrons. The van der Waals surface area contributed by atoms with Crippen LogP contribution in [0.1, 0.15) is 34.1 Å². The number of nitrogens with one attached hydrogen (secondary N) is 2. The zero-order chi connectivity index (χ0) is 15.9. The summed E-state index contributed by atoms with van der Waals surface area (Å²) in [5, 5.41) is 5.34.